The molecule has 2 amide bonds. The molecule has 3 aromatic rings. The second-order valence-corrected chi connectivity index (χ2v) is 8.79. The lowest BCUT2D eigenvalue weighted by molar-refractivity contribution is -0.132. The quantitative estimate of drug-likeness (QED) is 0.316. The van der Waals surface area contributed by atoms with Crippen LogP contribution in [0.15, 0.2) is 91.0 Å². The van der Waals surface area contributed by atoms with Crippen molar-refractivity contribution < 1.29 is 23.9 Å². The van der Waals surface area contributed by atoms with E-state index in [-0.39, 0.29) is 12.6 Å². The van der Waals surface area contributed by atoms with E-state index in [2.05, 4.69) is 10.6 Å². The molecule has 3 rings (SSSR count). The van der Waals surface area contributed by atoms with Gasteiger partial charge < -0.3 is 20.1 Å². The van der Waals surface area contributed by atoms with Crippen LogP contribution in [-0.2, 0) is 20.9 Å². The summed E-state index contributed by atoms with van der Waals surface area (Å²) in [6.07, 6.45) is 0.0318. The van der Waals surface area contributed by atoms with Crippen molar-refractivity contribution in [3.8, 4) is 0 Å². The first-order chi connectivity index (χ1) is 18.0. The molecule has 0 aliphatic carbocycles. The van der Waals surface area contributed by atoms with Crippen molar-refractivity contribution >= 4 is 18.0 Å². The minimum absolute atomic E-state index is 0.0822. The van der Waals surface area contributed by atoms with Gasteiger partial charge in [-0.1, -0.05) is 98.6 Å². The van der Waals surface area contributed by atoms with Gasteiger partial charge in [0.25, 0.3) is 5.91 Å². The zero-order valence-electron chi connectivity index (χ0n) is 21.3. The fourth-order valence-electron chi connectivity index (χ4n) is 3.84. The first kappa shape index (κ1) is 27.5. The van der Waals surface area contributed by atoms with Crippen LogP contribution in [0.4, 0.5) is 4.79 Å². The fourth-order valence-corrected chi connectivity index (χ4v) is 3.84. The molecule has 37 heavy (non-hydrogen) atoms. The third-order valence-electron chi connectivity index (χ3n) is 5.91. The normalized spacial score (nSPS) is 13.0. The van der Waals surface area contributed by atoms with Crippen LogP contribution in [-0.4, -0.2) is 30.1 Å². The number of alkyl carbamates (subject to hydrolysis) is 1. The lowest BCUT2D eigenvalue weighted by Crippen LogP contribution is -2.53. The minimum atomic E-state index is -1.25. The van der Waals surface area contributed by atoms with Crippen molar-refractivity contribution in [3.63, 3.8) is 0 Å². The minimum Gasteiger partial charge on any atom is -0.446 e. The lowest BCUT2D eigenvalue weighted by Gasteiger charge is -2.28. The number of hydrogen-bond donors (Lipinski definition) is 2. The van der Waals surface area contributed by atoms with Crippen molar-refractivity contribution in [1.82, 2.24) is 10.6 Å². The molecule has 0 bridgehead atoms. The molecule has 7 nitrogen and oxygen atoms in total. The Morgan fingerprint density at radius 2 is 1.41 bits per heavy atom. The Labute approximate surface area is 218 Å². The molecule has 0 aliphatic heterocycles. The largest absolute Gasteiger partial charge is 0.446 e. The van der Waals surface area contributed by atoms with Crippen molar-refractivity contribution in [2.45, 2.75) is 57.9 Å². The molecule has 2 N–H and O–H groups in total. The van der Waals surface area contributed by atoms with Crippen LogP contribution in [0, 0.1) is 0 Å². The van der Waals surface area contributed by atoms with E-state index in [1.54, 1.807) is 30.3 Å². The van der Waals surface area contributed by atoms with Crippen LogP contribution in [0.3, 0.4) is 0 Å². The van der Waals surface area contributed by atoms with Crippen molar-refractivity contribution in [2.75, 3.05) is 0 Å². The molecule has 3 aromatic carbocycles. The molecule has 0 radical (unpaired) electrons. The molecule has 7 heteroatoms. The van der Waals surface area contributed by atoms with E-state index in [4.69, 9.17) is 9.47 Å². The topological polar surface area (TPSA) is 93.7 Å². The van der Waals surface area contributed by atoms with Crippen LogP contribution in [0.5, 0.6) is 0 Å². The molecular weight excluding hydrogens is 468 g/mol. The summed E-state index contributed by atoms with van der Waals surface area (Å²) >= 11 is 0. The van der Waals surface area contributed by atoms with Gasteiger partial charge in [0, 0.05) is 0 Å². The molecule has 0 spiro atoms. The monoisotopic (exact) mass is 502 g/mol. The lowest BCUT2D eigenvalue weighted by atomic mass is 10.0. The zero-order chi connectivity index (χ0) is 26.5. The van der Waals surface area contributed by atoms with Gasteiger partial charge in [0.2, 0.25) is 6.10 Å². The summed E-state index contributed by atoms with van der Waals surface area (Å²) in [7, 11) is 0. The van der Waals surface area contributed by atoms with Gasteiger partial charge in [-0.2, -0.15) is 0 Å². The van der Waals surface area contributed by atoms with Gasteiger partial charge in [-0.3, -0.25) is 4.79 Å². The molecule has 3 atom stereocenters. The van der Waals surface area contributed by atoms with Gasteiger partial charge >= 0.3 is 12.1 Å². The summed E-state index contributed by atoms with van der Waals surface area (Å²) in [6.45, 7) is 3.94. The van der Waals surface area contributed by atoms with Gasteiger partial charge in [0.1, 0.15) is 6.61 Å². The number of rotatable bonds is 12. The van der Waals surface area contributed by atoms with E-state index in [9.17, 15) is 14.4 Å². The Morgan fingerprint density at radius 1 is 0.811 bits per heavy atom. The maximum absolute atomic E-state index is 13.5. The molecule has 0 saturated carbocycles. The Kier molecular flexibility index (Phi) is 10.7. The molecular formula is C30H34N2O5. The molecule has 0 aromatic heterocycles. The molecule has 0 aliphatic rings. The number of carbonyl (C=O) groups excluding carboxylic acids is 3. The smallest absolute Gasteiger partial charge is 0.407 e. The van der Waals surface area contributed by atoms with Gasteiger partial charge in [0.05, 0.1) is 17.6 Å². The summed E-state index contributed by atoms with van der Waals surface area (Å²) in [5, 5.41) is 5.71. The molecule has 0 fully saturated rings. The van der Waals surface area contributed by atoms with Gasteiger partial charge in [-0.05, 0) is 36.6 Å². The number of esters is 1. The number of unbranched alkanes of at least 4 members (excludes halogenated alkanes) is 1. The number of benzene rings is 3. The van der Waals surface area contributed by atoms with Crippen LogP contribution >= 0.6 is 0 Å². The number of carbonyl (C=O) groups is 3. The third kappa shape index (κ3) is 8.79. The van der Waals surface area contributed by atoms with Crippen molar-refractivity contribution in [2.24, 2.45) is 0 Å². The molecule has 0 heterocycles. The highest BCUT2D eigenvalue weighted by Gasteiger charge is 2.34. The van der Waals surface area contributed by atoms with Gasteiger partial charge in [0.15, 0.2) is 0 Å². The average molecular weight is 503 g/mol. The predicted molar refractivity (Wildman–Crippen MR) is 142 cm³/mol. The van der Waals surface area contributed by atoms with Crippen LogP contribution in [0.1, 0.15) is 60.6 Å². The van der Waals surface area contributed by atoms with E-state index in [0.717, 1.165) is 17.5 Å². The highest BCUT2D eigenvalue weighted by molar-refractivity contribution is 5.92. The second kappa shape index (κ2) is 14.4. The third-order valence-corrected chi connectivity index (χ3v) is 5.91. The van der Waals surface area contributed by atoms with Crippen molar-refractivity contribution in [3.05, 3.63) is 108 Å². The first-order valence-electron chi connectivity index (χ1n) is 12.6. The maximum atomic E-state index is 13.5. The number of amides is 2. The van der Waals surface area contributed by atoms with Crippen LogP contribution < -0.4 is 10.6 Å². The number of ether oxygens (including phenoxy) is 2. The summed E-state index contributed by atoms with van der Waals surface area (Å²) in [4.78, 5) is 39.1. The Balaban J connectivity index is 1.78. The van der Waals surface area contributed by atoms with Crippen LogP contribution in [0.2, 0.25) is 0 Å². The summed E-state index contributed by atoms with van der Waals surface area (Å²) in [6, 6.07) is 26.1. The van der Waals surface area contributed by atoms with E-state index in [1.807, 2.05) is 74.5 Å². The SMILES string of the molecule is CCCC[C@H](NC(=O)OCc1ccccc1)[C@H](OC(=O)c1ccccc1)C(=O)N[C@H](C)c1ccccc1. The first-order valence-corrected chi connectivity index (χ1v) is 12.6. The molecule has 0 saturated heterocycles. The summed E-state index contributed by atoms with van der Waals surface area (Å²) in [5.74, 6) is -1.14. The van der Waals surface area contributed by atoms with E-state index in [1.165, 1.54) is 0 Å². The number of hydrogen-bond acceptors (Lipinski definition) is 5. The second-order valence-electron chi connectivity index (χ2n) is 8.79. The molecule has 194 valence electrons. The van der Waals surface area contributed by atoms with E-state index < -0.39 is 30.1 Å². The summed E-state index contributed by atoms with van der Waals surface area (Å²) < 4.78 is 11.1. The van der Waals surface area contributed by atoms with E-state index in [0.29, 0.717) is 18.4 Å². The molecule has 0 unspecified atom stereocenters. The Morgan fingerprint density at radius 3 is 2.03 bits per heavy atom. The fraction of sp³-hybridized carbons (Fsp3) is 0.300. The van der Waals surface area contributed by atoms with Crippen molar-refractivity contribution in [1.29, 1.82) is 0 Å². The Bertz CT molecular complexity index is 1120. The highest BCUT2D eigenvalue weighted by Crippen LogP contribution is 2.16. The summed E-state index contributed by atoms with van der Waals surface area (Å²) in [5.41, 5.74) is 2.06. The Hall–Kier alpha value is -4.13. The number of nitrogens with one attached hydrogen (secondary N) is 2. The zero-order valence-corrected chi connectivity index (χ0v) is 21.3. The van der Waals surface area contributed by atoms with Crippen LogP contribution in [0.25, 0.3) is 0 Å². The standard InChI is InChI=1S/C30H34N2O5/c1-3-4-20-26(32-30(35)36-21-23-14-8-5-9-15-23)27(37-29(34)25-18-12-7-13-19-25)28(33)31-22(2)24-16-10-6-11-17-24/h5-19,22,26-27H,3-4,20-21H2,1-2H3,(H,31,33)(H,32,35)/t22-,26+,27+/m1/s1. The van der Waals surface area contributed by atoms with Gasteiger partial charge in [-0.15, -0.1) is 0 Å². The van der Waals surface area contributed by atoms with Gasteiger partial charge in [-0.25, -0.2) is 9.59 Å². The average Bonchev–Trinajstić information content (AvgIpc) is 2.94. The van der Waals surface area contributed by atoms with E-state index >= 15 is 0 Å². The maximum Gasteiger partial charge on any atom is 0.407 e. The predicted octanol–water partition coefficient (Wildman–Crippen LogP) is 5.57. The highest BCUT2D eigenvalue weighted by atomic mass is 16.6.